The first-order valence-electron chi connectivity index (χ1n) is 14.8. The largest absolute Gasteiger partial charge is 0.489 e. The standard InChI is InChI=1S/C36H33BrClN5O2S/c1-21-11-9-15-30(23(21)3)40-34(44)32-24(4)39-35-41-36(46-20-26-13-7-8-14-29(26)38)42-43(35)33(32)28-18-27(37)16-17-31(28)45-19-25-12-6-5-10-22(25)2/h5-18,33H,19-20H2,1-4H3,(H,40,44)(H,39,41,42). The lowest BCUT2D eigenvalue weighted by Crippen LogP contribution is -2.32. The van der Waals surface area contributed by atoms with E-state index in [-0.39, 0.29) is 5.91 Å². The fraction of sp³-hybridized carbons (Fsp3) is 0.194. The number of ether oxygens (including phenoxy) is 1. The Hall–Kier alpha value is -4.05. The molecule has 0 bridgehead atoms. The Labute approximate surface area is 286 Å². The molecule has 1 amide bonds. The predicted octanol–water partition coefficient (Wildman–Crippen LogP) is 9.42. The van der Waals surface area contributed by atoms with Crippen LogP contribution in [0.5, 0.6) is 5.75 Å². The molecule has 1 aliphatic rings. The minimum absolute atomic E-state index is 0.236. The Kier molecular flexibility index (Phi) is 9.54. The summed E-state index contributed by atoms with van der Waals surface area (Å²) in [5.74, 6) is 1.55. The number of carbonyl (C=O) groups excluding carboxylic acids is 1. The summed E-state index contributed by atoms with van der Waals surface area (Å²) in [4.78, 5) is 19.1. The number of aryl methyl sites for hydroxylation is 2. The third-order valence-electron chi connectivity index (χ3n) is 8.16. The third-order valence-corrected chi connectivity index (χ3v) is 9.90. The fourth-order valence-electron chi connectivity index (χ4n) is 5.40. The molecule has 0 fully saturated rings. The fourth-order valence-corrected chi connectivity index (χ4v) is 6.89. The summed E-state index contributed by atoms with van der Waals surface area (Å²) >= 11 is 11.6. The van der Waals surface area contributed by atoms with E-state index in [9.17, 15) is 4.79 Å². The molecule has 4 aromatic carbocycles. The molecular weight excluding hydrogens is 682 g/mol. The molecule has 234 valence electrons. The van der Waals surface area contributed by atoms with Crippen LogP contribution in [0.2, 0.25) is 5.02 Å². The van der Waals surface area contributed by atoms with Crippen molar-refractivity contribution < 1.29 is 9.53 Å². The number of aromatic nitrogens is 3. The van der Waals surface area contributed by atoms with E-state index in [1.165, 1.54) is 11.8 Å². The van der Waals surface area contributed by atoms with Crippen molar-refractivity contribution in [1.29, 1.82) is 0 Å². The molecule has 1 aliphatic heterocycles. The number of nitrogens with zero attached hydrogens (tertiary/aromatic N) is 3. The molecule has 0 radical (unpaired) electrons. The summed E-state index contributed by atoms with van der Waals surface area (Å²) in [7, 11) is 0. The number of benzene rings is 4. The molecule has 0 aliphatic carbocycles. The number of fused-ring (bicyclic) bond motifs is 1. The number of carbonyl (C=O) groups is 1. The van der Waals surface area contributed by atoms with E-state index in [0.717, 1.165) is 43.5 Å². The summed E-state index contributed by atoms with van der Waals surface area (Å²) in [6.07, 6.45) is 0. The van der Waals surface area contributed by atoms with Gasteiger partial charge in [0.2, 0.25) is 11.1 Å². The molecule has 2 N–H and O–H groups in total. The Morgan fingerprint density at radius 1 is 0.978 bits per heavy atom. The van der Waals surface area contributed by atoms with E-state index < -0.39 is 6.04 Å². The highest BCUT2D eigenvalue weighted by atomic mass is 79.9. The van der Waals surface area contributed by atoms with Crippen molar-refractivity contribution in [2.24, 2.45) is 0 Å². The van der Waals surface area contributed by atoms with Gasteiger partial charge >= 0.3 is 0 Å². The minimum Gasteiger partial charge on any atom is -0.489 e. The van der Waals surface area contributed by atoms with Gasteiger partial charge in [-0.1, -0.05) is 93.9 Å². The summed E-state index contributed by atoms with van der Waals surface area (Å²) in [5, 5.41) is 12.7. The number of amides is 1. The van der Waals surface area contributed by atoms with E-state index in [2.05, 4.69) is 45.6 Å². The van der Waals surface area contributed by atoms with Crippen LogP contribution in [0, 0.1) is 20.8 Å². The molecule has 1 aromatic heterocycles. The lowest BCUT2D eigenvalue weighted by Gasteiger charge is -2.30. The van der Waals surface area contributed by atoms with Crippen LogP contribution in [0.3, 0.4) is 0 Å². The van der Waals surface area contributed by atoms with Crippen LogP contribution in [0.15, 0.2) is 106 Å². The maximum Gasteiger partial charge on any atom is 0.255 e. The summed E-state index contributed by atoms with van der Waals surface area (Å²) in [5.41, 5.74) is 8.07. The smallest absolute Gasteiger partial charge is 0.255 e. The molecule has 0 saturated heterocycles. The van der Waals surface area contributed by atoms with Crippen molar-refractivity contribution >= 4 is 56.8 Å². The highest BCUT2D eigenvalue weighted by molar-refractivity contribution is 9.10. The van der Waals surface area contributed by atoms with Crippen molar-refractivity contribution in [1.82, 2.24) is 14.8 Å². The van der Waals surface area contributed by atoms with Gasteiger partial charge in [-0.05, 0) is 85.8 Å². The number of thioether (sulfide) groups is 1. The van der Waals surface area contributed by atoms with Crippen LogP contribution in [-0.2, 0) is 17.2 Å². The maximum atomic E-state index is 14.3. The van der Waals surface area contributed by atoms with Gasteiger partial charge in [0, 0.05) is 32.2 Å². The predicted molar refractivity (Wildman–Crippen MR) is 190 cm³/mol. The van der Waals surface area contributed by atoms with Gasteiger partial charge in [0.15, 0.2) is 0 Å². The molecule has 7 nitrogen and oxygen atoms in total. The number of nitrogens with one attached hydrogen (secondary N) is 2. The molecule has 2 heterocycles. The van der Waals surface area contributed by atoms with Gasteiger partial charge in [-0.25, -0.2) is 4.68 Å². The number of halogens is 2. The van der Waals surface area contributed by atoms with Crippen LogP contribution in [0.25, 0.3) is 0 Å². The first kappa shape index (κ1) is 31.9. The van der Waals surface area contributed by atoms with Crippen LogP contribution in [0.1, 0.15) is 46.3 Å². The molecule has 46 heavy (non-hydrogen) atoms. The van der Waals surface area contributed by atoms with E-state index in [1.54, 1.807) is 4.68 Å². The molecule has 5 aromatic rings. The second-order valence-electron chi connectivity index (χ2n) is 11.2. The summed E-state index contributed by atoms with van der Waals surface area (Å²) < 4.78 is 9.13. The SMILES string of the molecule is CC1=C(C(=O)Nc2cccc(C)c2C)C(c2cc(Br)ccc2OCc2ccccc2C)n2nc(SCc3ccccc3Cl)nc2N1. The molecule has 0 spiro atoms. The van der Waals surface area contributed by atoms with Crippen LogP contribution in [-0.4, -0.2) is 20.7 Å². The first-order valence-corrected chi connectivity index (χ1v) is 17.0. The van der Waals surface area contributed by atoms with Crippen LogP contribution >= 0.6 is 39.3 Å². The van der Waals surface area contributed by atoms with Gasteiger partial charge in [-0.3, -0.25) is 4.79 Å². The number of rotatable bonds is 9. The number of hydrogen-bond donors (Lipinski definition) is 2. The minimum atomic E-state index is -0.632. The van der Waals surface area contributed by atoms with Crippen molar-refractivity contribution in [3.8, 4) is 5.75 Å². The molecule has 1 atom stereocenters. The van der Waals surface area contributed by atoms with Crippen LogP contribution < -0.4 is 15.4 Å². The second-order valence-corrected chi connectivity index (χ2v) is 13.5. The van der Waals surface area contributed by atoms with Gasteiger partial charge in [0.1, 0.15) is 18.4 Å². The van der Waals surface area contributed by atoms with E-state index >= 15 is 0 Å². The van der Waals surface area contributed by atoms with Gasteiger partial charge < -0.3 is 15.4 Å². The van der Waals surface area contributed by atoms with Crippen molar-refractivity contribution in [2.75, 3.05) is 10.6 Å². The highest BCUT2D eigenvalue weighted by Gasteiger charge is 2.36. The van der Waals surface area contributed by atoms with Gasteiger partial charge in [0.05, 0.1) is 5.57 Å². The molecule has 6 rings (SSSR count). The Bertz CT molecular complexity index is 1970. The zero-order chi connectivity index (χ0) is 32.4. The van der Waals surface area contributed by atoms with Gasteiger partial charge in [-0.2, -0.15) is 4.98 Å². The molecule has 1 unspecified atom stereocenters. The van der Waals surface area contributed by atoms with Crippen molar-refractivity contribution in [2.45, 2.75) is 51.3 Å². The average Bonchev–Trinajstić information content (AvgIpc) is 3.44. The normalized spacial score (nSPS) is 14.1. The molecular formula is C36H33BrClN5O2S. The lowest BCUT2D eigenvalue weighted by atomic mass is 9.94. The lowest BCUT2D eigenvalue weighted by molar-refractivity contribution is -0.113. The monoisotopic (exact) mass is 713 g/mol. The second kappa shape index (κ2) is 13.7. The highest BCUT2D eigenvalue weighted by Crippen LogP contribution is 2.42. The van der Waals surface area contributed by atoms with E-state index in [0.29, 0.717) is 45.5 Å². The van der Waals surface area contributed by atoms with Crippen molar-refractivity contribution in [3.63, 3.8) is 0 Å². The molecule has 10 heteroatoms. The Morgan fingerprint density at radius 3 is 2.50 bits per heavy atom. The van der Waals surface area contributed by atoms with Crippen LogP contribution in [0.4, 0.5) is 11.6 Å². The van der Waals surface area contributed by atoms with E-state index in [1.807, 2.05) is 93.6 Å². The number of hydrogen-bond acceptors (Lipinski definition) is 6. The topological polar surface area (TPSA) is 81.1 Å². The first-order chi connectivity index (χ1) is 22.2. The maximum absolute atomic E-state index is 14.3. The van der Waals surface area contributed by atoms with E-state index in [4.69, 9.17) is 26.4 Å². The number of anilines is 2. The Morgan fingerprint density at radius 2 is 1.72 bits per heavy atom. The van der Waals surface area contributed by atoms with Gasteiger partial charge in [0.25, 0.3) is 5.91 Å². The molecule has 0 saturated carbocycles. The summed E-state index contributed by atoms with van der Waals surface area (Å²) in [6.45, 7) is 8.38. The Balaban J connectivity index is 1.41. The van der Waals surface area contributed by atoms with Crippen molar-refractivity contribution in [3.05, 3.63) is 139 Å². The quantitative estimate of drug-likeness (QED) is 0.148. The summed E-state index contributed by atoms with van der Waals surface area (Å²) in [6, 6.07) is 27.0. The average molecular weight is 715 g/mol. The van der Waals surface area contributed by atoms with Gasteiger partial charge in [-0.15, -0.1) is 5.10 Å². The third kappa shape index (κ3) is 6.72. The zero-order valence-corrected chi connectivity index (χ0v) is 29.1. The zero-order valence-electron chi connectivity index (χ0n) is 25.9. The number of allylic oxidation sites excluding steroid dienone is 1.